The number of benzene rings is 1. The van der Waals surface area contributed by atoms with Crippen LogP contribution in [0.3, 0.4) is 0 Å². The minimum absolute atomic E-state index is 0. The van der Waals surface area contributed by atoms with E-state index in [-0.39, 0.29) is 70.0 Å². The van der Waals surface area contributed by atoms with E-state index >= 15 is 0 Å². The van der Waals surface area contributed by atoms with E-state index in [0.29, 0.717) is 31.4 Å². The summed E-state index contributed by atoms with van der Waals surface area (Å²) >= 11 is 0. The Labute approximate surface area is 434 Å². The van der Waals surface area contributed by atoms with E-state index in [0.717, 1.165) is 21.6 Å². The van der Waals surface area contributed by atoms with E-state index in [2.05, 4.69) is 42.5 Å². The van der Waals surface area contributed by atoms with Gasteiger partial charge in [0.15, 0.2) is 0 Å². The molecule has 0 aromatic heterocycles. The van der Waals surface area contributed by atoms with Crippen LogP contribution < -0.4 is 65.5 Å². The third-order valence-electron chi connectivity index (χ3n) is 11.9. The predicted octanol–water partition coefficient (Wildman–Crippen LogP) is -2.56. The van der Waals surface area contributed by atoms with Gasteiger partial charge in [0, 0.05) is 36.9 Å². The van der Waals surface area contributed by atoms with Crippen LogP contribution in [0.5, 0.6) is 0 Å². The van der Waals surface area contributed by atoms with Gasteiger partial charge in [0.1, 0.15) is 42.3 Å². The summed E-state index contributed by atoms with van der Waals surface area (Å²) in [5.74, 6) is -9.60. The normalized spacial score (nSPS) is 23.5. The third-order valence-corrected chi connectivity index (χ3v) is 14.4. The highest BCUT2D eigenvalue weighted by Crippen LogP contribution is 2.26. The Balaban J connectivity index is 0.0000183. The summed E-state index contributed by atoms with van der Waals surface area (Å²) in [6.45, 7) is 7.47. The Morgan fingerprint density at radius 2 is 1.40 bits per heavy atom. The second kappa shape index (κ2) is 32.2. The van der Waals surface area contributed by atoms with Crippen molar-refractivity contribution >= 4 is 86.6 Å². The van der Waals surface area contributed by atoms with Crippen LogP contribution in [0.2, 0.25) is 0 Å². The first kappa shape index (κ1) is 63.1. The topological polar surface area (TPSA) is 391 Å². The minimum Gasteiger partial charge on any atom is -0.370 e. The molecule has 2 saturated heterocycles. The molecule has 0 spiro atoms. The van der Waals surface area contributed by atoms with Crippen LogP contribution in [0.1, 0.15) is 98.5 Å². The van der Waals surface area contributed by atoms with Gasteiger partial charge in [0.25, 0.3) is 0 Å². The van der Waals surface area contributed by atoms with Crippen LogP contribution in [0.4, 0.5) is 0 Å². The summed E-state index contributed by atoms with van der Waals surface area (Å²) in [5.41, 5.74) is 23.2. The molecule has 26 heteroatoms. The fourth-order valence-electron chi connectivity index (χ4n) is 7.78. The van der Waals surface area contributed by atoms with Crippen molar-refractivity contribution in [3.05, 3.63) is 35.9 Å². The summed E-state index contributed by atoms with van der Waals surface area (Å²) in [7, 11) is 2.11. The maximum absolute atomic E-state index is 14.6. The maximum Gasteiger partial charge on any atom is 0.246 e. The highest BCUT2D eigenvalue weighted by atomic mass is 33.1. The number of nitrogens with one attached hydrogen (secondary N) is 8. The molecule has 0 aliphatic carbocycles. The molecule has 16 N–H and O–H groups in total. The van der Waals surface area contributed by atoms with Crippen molar-refractivity contribution in [2.45, 2.75) is 154 Å². The van der Waals surface area contributed by atoms with Crippen molar-refractivity contribution < 1.29 is 52.7 Å². The molecule has 0 saturated carbocycles. The summed E-state index contributed by atoms with van der Waals surface area (Å²) in [6.07, 6.45) is 0.419. The highest BCUT2D eigenvalue weighted by molar-refractivity contribution is 8.76. The number of likely N-dealkylation sites (tertiary alicyclic amines) is 1. The largest absolute Gasteiger partial charge is 0.370 e. The lowest BCUT2D eigenvalue weighted by Gasteiger charge is -2.31. The molecule has 3 rings (SSSR count). The first-order valence-electron chi connectivity index (χ1n) is 24.1. The van der Waals surface area contributed by atoms with Crippen molar-refractivity contribution in [1.82, 2.24) is 47.4 Å². The zero-order valence-corrected chi connectivity index (χ0v) is 43.0. The molecule has 9 atom stereocenters. The lowest BCUT2D eigenvalue weighted by atomic mass is 9.96. The van der Waals surface area contributed by atoms with Gasteiger partial charge < -0.3 is 70.4 Å². The zero-order chi connectivity index (χ0) is 53.5. The van der Waals surface area contributed by atoms with Gasteiger partial charge in [-0.25, -0.2) is 0 Å². The van der Waals surface area contributed by atoms with E-state index in [1.54, 1.807) is 44.2 Å². The summed E-state index contributed by atoms with van der Waals surface area (Å²) < 4.78 is 0. The molecule has 2 aliphatic heterocycles. The second-order valence-corrected chi connectivity index (χ2v) is 20.7. The highest BCUT2D eigenvalue weighted by Gasteiger charge is 2.41. The molecule has 0 bridgehead atoms. The third kappa shape index (κ3) is 21.9. The Kier molecular flexibility index (Phi) is 27.9. The molecule has 2 aliphatic rings. The number of rotatable bonds is 21. The van der Waals surface area contributed by atoms with E-state index < -0.39 is 132 Å². The number of carbonyl (C=O) groups is 11. The lowest BCUT2D eigenvalue weighted by molar-refractivity contribution is -0.142. The van der Waals surface area contributed by atoms with Crippen LogP contribution in [0.15, 0.2) is 30.3 Å². The Hall–Kier alpha value is -5.99. The molecule has 24 nitrogen and oxygen atoms in total. The van der Waals surface area contributed by atoms with Crippen molar-refractivity contribution in [3.8, 4) is 0 Å². The smallest absolute Gasteiger partial charge is 0.246 e. The fourth-order valence-corrected chi connectivity index (χ4v) is 10.1. The first-order valence-corrected chi connectivity index (χ1v) is 26.6. The molecule has 1 aromatic carbocycles. The summed E-state index contributed by atoms with van der Waals surface area (Å²) in [6, 6.07) is -1.56. The number of nitrogens with two attached hydrogens (primary N) is 4. The van der Waals surface area contributed by atoms with Crippen molar-refractivity contribution in [2.75, 3.05) is 31.1 Å². The number of primary amides is 3. The number of nitrogens with zero attached hydrogens (tertiary/aromatic N) is 1. The molecule has 73 heavy (non-hydrogen) atoms. The first-order chi connectivity index (χ1) is 34.1. The molecule has 0 unspecified atom stereocenters. The second-order valence-electron chi connectivity index (χ2n) is 18.2. The van der Waals surface area contributed by atoms with Crippen LogP contribution >= 0.6 is 21.6 Å². The Morgan fingerprint density at radius 3 is 2.03 bits per heavy atom. The molecule has 1 aromatic rings. The predicted molar refractivity (Wildman–Crippen MR) is 277 cm³/mol. The van der Waals surface area contributed by atoms with Crippen molar-refractivity contribution in [3.63, 3.8) is 0 Å². The van der Waals surface area contributed by atoms with E-state index in [1.807, 2.05) is 13.8 Å². The van der Waals surface area contributed by atoms with Crippen LogP contribution in [-0.4, -0.2) is 155 Å². The molecule has 0 radical (unpaired) electrons. The van der Waals surface area contributed by atoms with Crippen molar-refractivity contribution in [1.29, 1.82) is 0 Å². The van der Waals surface area contributed by atoms with Gasteiger partial charge in [0.2, 0.25) is 65.0 Å². The van der Waals surface area contributed by atoms with Gasteiger partial charge in [-0.3, -0.25) is 52.7 Å². The number of hydrogen-bond donors (Lipinski definition) is 12. The minimum atomic E-state index is -1.72. The quantitative estimate of drug-likeness (QED) is 0.0445. The molecular formula is C47H77N13O11S2. The average Bonchev–Trinajstić information content (AvgIpc) is 3.83. The molecule has 11 amide bonds. The lowest BCUT2D eigenvalue weighted by Crippen LogP contribution is -2.61. The average molecular weight is 1060 g/mol. The molecule has 2 fully saturated rings. The number of carbonyl (C=O) groups excluding carboxylic acids is 11. The van der Waals surface area contributed by atoms with Crippen LogP contribution in [0, 0.1) is 5.92 Å². The standard InChI is InChI=1S/C46H73N13O11S2.CH4/c1-5-26(4)38-45(69)54-30(14-9-17-35(48)60)41(65)56-32(21-36(49)61)42(66)57-33(24-72-71-23-28(47)39(63)55-31(43(67)58-38)20-27-12-7-6-8-13-27)46(70)59-19-11-16-34(59)44(68)53-29(15-10-18-51-25(2)3)40(64)52-22-37(50)62;/h6-8,12-13,25-26,28-34,38,51H,5,9-11,14-24,47H2,1-4H3,(H2,48,60)(H2,49,61)(H2,50,62)(H,52,64)(H,53,68)(H,54,69)(H,55,63)(H,56,65)(H,57,66)(H,58,67);1H4/t26-,28-,29-,30-,31-,32-,33-,34-,38-;/m0./s1. The van der Waals surface area contributed by atoms with Gasteiger partial charge in [-0.1, -0.05) is 93.5 Å². The van der Waals surface area contributed by atoms with Crippen molar-refractivity contribution in [2.24, 2.45) is 28.9 Å². The van der Waals surface area contributed by atoms with E-state index in [1.165, 1.54) is 4.90 Å². The number of amides is 11. The van der Waals surface area contributed by atoms with Crippen LogP contribution in [-0.2, 0) is 59.2 Å². The van der Waals surface area contributed by atoms with Gasteiger partial charge >= 0.3 is 0 Å². The monoisotopic (exact) mass is 1060 g/mol. The van der Waals surface area contributed by atoms with Gasteiger partial charge in [-0.15, -0.1) is 0 Å². The summed E-state index contributed by atoms with van der Waals surface area (Å²) in [4.78, 5) is 149. The SMILES string of the molecule is C.CC[C@H](C)[C@@H]1NC(=O)[C@H](Cc2ccccc2)NC(=O)[C@@H](N)CSSC[C@@H](C(=O)N2CCC[C@H]2C(=O)N[C@@H](CCCNC(C)C)C(=O)NCC(N)=O)NC(=O)[C@H](CC(N)=O)NC(=O)[C@H](CCCC(N)=O)NC1=O. The van der Waals surface area contributed by atoms with E-state index in [4.69, 9.17) is 22.9 Å². The molecular weight excluding hydrogens is 987 g/mol. The maximum atomic E-state index is 14.6. The van der Waals surface area contributed by atoms with Gasteiger partial charge in [0.05, 0.1) is 19.0 Å². The molecule has 408 valence electrons. The van der Waals surface area contributed by atoms with E-state index in [9.17, 15) is 52.7 Å². The van der Waals surface area contributed by atoms with Gasteiger partial charge in [-0.05, 0) is 56.6 Å². The molecule has 2 heterocycles. The summed E-state index contributed by atoms with van der Waals surface area (Å²) in [5, 5.41) is 21.5. The Morgan fingerprint density at radius 1 is 0.767 bits per heavy atom. The Bertz CT molecular complexity index is 2070. The zero-order valence-electron chi connectivity index (χ0n) is 41.3. The van der Waals surface area contributed by atoms with Gasteiger partial charge in [-0.2, -0.15) is 0 Å². The fraction of sp³-hybridized carbons (Fsp3) is 0.638. The number of hydrogen-bond acceptors (Lipinski definition) is 15. The van der Waals surface area contributed by atoms with Crippen LogP contribution in [0.25, 0.3) is 0 Å².